The van der Waals surface area contributed by atoms with E-state index >= 15 is 0 Å². The molecule has 0 saturated heterocycles. The molecule has 0 radical (unpaired) electrons. The molecule has 0 aromatic carbocycles. The van der Waals surface area contributed by atoms with E-state index < -0.39 is 0 Å². The molecule has 0 aliphatic heterocycles. The van der Waals surface area contributed by atoms with Crippen molar-refractivity contribution < 1.29 is 13.9 Å². The SMILES string of the molecule is CCNC(=NCCC(=O)OC)NCCc1ccco1. The van der Waals surface area contributed by atoms with Gasteiger partial charge >= 0.3 is 5.97 Å². The maximum absolute atomic E-state index is 11.0. The van der Waals surface area contributed by atoms with E-state index in [2.05, 4.69) is 20.4 Å². The van der Waals surface area contributed by atoms with Gasteiger partial charge in [-0.15, -0.1) is 0 Å². The summed E-state index contributed by atoms with van der Waals surface area (Å²) in [7, 11) is 1.37. The largest absolute Gasteiger partial charge is 0.469 e. The van der Waals surface area contributed by atoms with E-state index in [0.717, 1.165) is 25.3 Å². The second-order valence-corrected chi connectivity index (χ2v) is 3.84. The summed E-state index contributed by atoms with van der Waals surface area (Å²) in [6, 6.07) is 3.80. The van der Waals surface area contributed by atoms with E-state index in [9.17, 15) is 4.79 Å². The molecule has 0 amide bonds. The van der Waals surface area contributed by atoms with Gasteiger partial charge in [0.25, 0.3) is 0 Å². The quantitative estimate of drug-likeness (QED) is 0.437. The molecule has 106 valence electrons. The summed E-state index contributed by atoms with van der Waals surface area (Å²) < 4.78 is 9.80. The fourth-order valence-corrected chi connectivity index (χ4v) is 1.46. The number of guanidine groups is 1. The first kappa shape index (κ1) is 15.1. The lowest BCUT2D eigenvalue weighted by Crippen LogP contribution is -2.38. The van der Waals surface area contributed by atoms with Gasteiger partial charge < -0.3 is 19.8 Å². The summed E-state index contributed by atoms with van der Waals surface area (Å²) in [5.74, 6) is 1.37. The van der Waals surface area contributed by atoms with Gasteiger partial charge in [-0.1, -0.05) is 0 Å². The lowest BCUT2D eigenvalue weighted by atomic mass is 10.3. The van der Waals surface area contributed by atoms with Crippen LogP contribution in [0.15, 0.2) is 27.8 Å². The molecule has 0 fully saturated rings. The molecule has 19 heavy (non-hydrogen) atoms. The molecular weight excluding hydrogens is 246 g/mol. The molecular formula is C13H21N3O3. The fourth-order valence-electron chi connectivity index (χ4n) is 1.46. The van der Waals surface area contributed by atoms with Crippen molar-refractivity contribution in [2.75, 3.05) is 26.7 Å². The predicted octanol–water partition coefficient (Wildman–Crippen LogP) is 0.940. The van der Waals surface area contributed by atoms with E-state index in [1.165, 1.54) is 7.11 Å². The van der Waals surface area contributed by atoms with Gasteiger partial charge in [-0.2, -0.15) is 0 Å². The summed E-state index contributed by atoms with van der Waals surface area (Å²) in [6.45, 7) is 3.88. The van der Waals surface area contributed by atoms with Crippen LogP contribution < -0.4 is 10.6 Å². The number of rotatable bonds is 7. The zero-order chi connectivity index (χ0) is 13.9. The number of nitrogens with zero attached hydrogens (tertiary/aromatic N) is 1. The highest BCUT2D eigenvalue weighted by atomic mass is 16.5. The Hall–Kier alpha value is -1.98. The van der Waals surface area contributed by atoms with Gasteiger partial charge in [-0.3, -0.25) is 9.79 Å². The molecule has 0 unspecified atom stereocenters. The highest BCUT2D eigenvalue weighted by Gasteiger charge is 2.01. The average molecular weight is 267 g/mol. The number of hydrogen-bond donors (Lipinski definition) is 2. The Morgan fingerprint density at radius 2 is 2.32 bits per heavy atom. The van der Waals surface area contributed by atoms with E-state index in [1.54, 1.807) is 6.26 Å². The molecule has 1 aromatic heterocycles. The van der Waals surface area contributed by atoms with Crippen LogP contribution in [0.4, 0.5) is 0 Å². The van der Waals surface area contributed by atoms with Gasteiger partial charge in [0.2, 0.25) is 0 Å². The number of carbonyl (C=O) groups excluding carboxylic acids is 1. The molecule has 6 heteroatoms. The monoisotopic (exact) mass is 267 g/mol. The van der Waals surface area contributed by atoms with Crippen LogP contribution in [0.5, 0.6) is 0 Å². The fraction of sp³-hybridized carbons (Fsp3) is 0.538. The van der Waals surface area contributed by atoms with E-state index in [0.29, 0.717) is 12.5 Å². The second-order valence-electron chi connectivity index (χ2n) is 3.84. The lowest BCUT2D eigenvalue weighted by Gasteiger charge is -2.10. The van der Waals surface area contributed by atoms with Crippen molar-refractivity contribution >= 4 is 11.9 Å². The molecule has 6 nitrogen and oxygen atoms in total. The number of methoxy groups -OCH3 is 1. The van der Waals surface area contributed by atoms with Crippen molar-refractivity contribution in [2.45, 2.75) is 19.8 Å². The number of nitrogens with one attached hydrogen (secondary N) is 2. The Labute approximate surface area is 113 Å². The number of carbonyl (C=O) groups is 1. The molecule has 0 saturated carbocycles. The molecule has 0 aliphatic rings. The van der Waals surface area contributed by atoms with Crippen molar-refractivity contribution in [1.29, 1.82) is 0 Å². The van der Waals surface area contributed by atoms with Crippen molar-refractivity contribution in [2.24, 2.45) is 4.99 Å². The Bertz CT molecular complexity index is 388. The van der Waals surface area contributed by atoms with E-state index in [1.807, 2.05) is 19.1 Å². The van der Waals surface area contributed by atoms with Gasteiger partial charge in [0.05, 0.1) is 26.3 Å². The Morgan fingerprint density at radius 1 is 1.47 bits per heavy atom. The molecule has 1 rings (SSSR count). The van der Waals surface area contributed by atoms with Crippen LogP contribution in [0, 0.1) is 0 Å². The summed E-state index contributed by atoms with van der Waals surface area (Å²) in [5.41, 5.74) is 0. The first-order valence-corrected chi connectivity index (χ1v) is 6.37. The van der Waals surface area contributed by atoms with Crippen molar-refractivity contribution in [3.63, 3.8) is 0 Å². The number of esters is 1. The van der Waals surface area contributed by atoms with Crippen LogP contribution in [0.1, 0.15) is 19.1 Å². The zero-order valence-corrected chi connectivity index (χ0v) is 11.4. The number of ether oxygens (including phenoxy) is 1. The summed E-state index contributed by atoms with van der Waals surface area (Å²) in [6.07, 6.45) is 2.73. The third-order valence-electron chi connectivity index (χ3n) is 2.40. The normalized spacial score (nSPS) is 11.2. The van der Waals surface area contributed by atoms with Crippen LogP contribution in [-0.2, 0) is 16.0 Å². The molecule has 0 spiro atoms. The highest BCUT2D eigenvalue weighted by Crippen LogP contribution is 1.99. The standard InChI is InChI=1S/C13H21N3O3/c1-3-14-13(16-9-7-12(17)18-2)15-8-6-11-5-4-10-19-11/h4-5,10H,3,6-9H2,1-2H3,(H2,14,15,16). The van der Waals surface area contributed by atoms with Gasteiger partial charge in [-0.25, -0.2) is 0 Å². The van der Waals surface area contributed by atoms with E-state index in [-0.39, 0.29) is 12.4 Å². The third kappa shape index (κ3) is 6.49. The zero-order valence-electron chi connectivity index (χ0n) is 11.4. The maximum atomic E-state index is 11.0. The molecule has 2 N–H and O–H groups in total. The highest BCUT2D eigenvalue weighted by molar-refractivity contribution is 5.80. The van der Waals surface area contributed by atoms with E-state index in [4.69, 9.17) is 4.42 Å². The van der Waals surface area contributed by atoms with Crippen molar-refractivity contribution in [3.05, 3.63) is 24.2 Å². The first-order valence-electron chi connectivity index (χ1n) is 6.37. The Morgan fingerprint density at radius 3 is 2.95 bits per heavy atom. The van der Waals surface area contributed by atoms with Crippen LogP contribution in [0.25, 0.3) is 0 Å². The first-order chi connectivity index (χ1) is 9.26. The summed E-state index contributed by atoms with van der Waals surface area (Å²) in [5, 5.41) is 6.29. The number of hydrogen-bond acceptors (Lipinski definition) is 4. The number of furan rings is 1. The Kier molecular flexibility index (Phi) is 7.16. The van der Waals surface area contributed by atoms with Gasteiger partial charge in [-0.05, 0) is 19.1 Å². The smallest absolute Gasteiger partial charge is 0.307 e. The topological polar surface area (TPSA) is 75.9 Å². The molecule has 0 bridgehead atoms. The minimum absolute atomic E-state index is 0.254. The van der Waals surface area contributed by atoms with Crippen LogP contribution in [-0.4, -0.2) is 38.7 Å². The minimum atomic E-state index is -0.254. The molecule has 1 aromatic rings. The molecule has 0 atom stereocenters. The summed E-state index contributed by atoms with van der Waals surface area (Å²) >= 11 is 0. The minimum Gasteiger partial charge on any atom is -0.469 e. The van der Waals surface area contributed by atoms with Crippen LogP contribution in [0.3, 0.4) is 0 Å². The Balaban J connectivity index is 2.30. The predicted molar refractivity (Wildman–Crippen MR) is 73.0 cm³/mol. The van der Waals surface area contributed by atoms with Crippen molar-refractivity contribution in [3.8, 4) is 0 Å². The summed E-state index contributed by atoms with van der Waals surface area (Å²) in [4.78, 5) is 15.3. The molecule has 0 aliphatic carbocycles. The lowest BCUT2D eigenvalue weighted by molar-refractivity contribution is -0.140. The third-order valence-corrected chi connectivity index (χ3v) is 2.40. The van der Waals surface area contributed by atoms with Crippen LogP contribution >= 0.6 is 0 Å². The second kappa shape index (κ2) is 9.02. The van der Waals surface area contributed by atoms with Crippen molar-refractivity contribution in [1.82, 2.24) is 10.6 Å². The van der Waals surface area contributed by atoms with Gasteiger partial charge in [0.1, 0.15) is 5.76 Å². The van der Waals surface area contributed by atoms with Crippen LogP contribution in [0.2, 0.25) is 0 Å². The van der Waals surface area contributed by atoms with Gasteiger partial charge in [0.15, 0.2) is 5.96 Å². The molecule has 1 heterocycles. The average Bonchev–Trinajstić information content (AvgIpc) is 2.91. The maximum Gasteiger partial charge on any atom is 0.307 e. The number of aliphatic imine (C=N–C) groups is 1. The van der Waals surface area contributed by atoms with Gasteiger partial charge in [0, 0.05) is 19.5 Å².